The minimum Gasteiger partial charge on any atom is -0.480 e. The lowest BCUT2D eigenvalue weighted by Gasteiger charge is -2.16. The van der Waals surface area contributed by atoms with Crippen molar-refractivity contribution in [3.05, 3.63) is 24.2 Å². The minimum atomic E-state index is -0.959. The first kappa shape index (κ1) is 13.2. The van der Waals surface area contributed by atoms with Gasteiger partial charge in [-0.1, -0.05) is 0 Å². The van der Waals surface area contributed by atoms with Crippen LogP contribution >= 0.6 is 0 Å². The van der Waals surface area contributed by atoms with Crippen LogP contribution in [0.25, 0.3) is 0 Å². The molecule has 6 nitrogen and oxygen atoms in total. The lowest BCUT2D eigenvalue weighted by Crippen LogP contribution is -2.38. The third kappa shape index (κ3) is 4.69. The van der Waals surface area contributed by atoms with Crippen LogP contribution in [0, 0.1) is 0 Å². The Labute approximate surface area is 99.2 Å². The van der Waals surface area contributed by atoms with Crippen molar-refractivity contribution in [3.63, 3.8) is 0 Å². The Morgan fingerprint density at radius 1 is 1.53 bits per heavy atom. The van der Waals surface area contributed by atoms with E-state index in [1.54, 1.807) is 26.1 Å². The maximum Gasteiger partial charge on any atom is 0.317 e. The highest BCUT2D eigenvalue weighted by molar-refractivity contribution is 5.79. The van der Waals surface area contributed by atoms with E-state index in [1.807, 2.05) is 0 Å². The summed E-state index contributed by atoms with van der Waals surface area (Å²) in [6, 6.07) is 3.29. The van der Waals surface area contributed by atoms with Gasteiger partial charge in [-0.3, -0.25) is 14.5 Å². The monoisotopic (exact) mass is 240 g/mol. The molecule has 1 heterocycles. The van der Waals surface area contributed by atoms with Crippen molar-refractivity contribution in [1.29, 1.82) is 0 Å². The predicted octanol–water partition coefficient (Wildman–Crippen LogP) is 0.473. The van der Waals surface area contributed by atoms with Gasteiger partial charge in [0.2, 0.25) is 5.91 Å². The van der Waals surface area contributed by atoms with Gasteiger partial charge in [-0.15, -0.1) is 0 Å². The zero-order valence-electron chi connectivity index (χ0n) is 9.84. The van der Waals surface area contributed by atoms with Crippen molar-refractivity contribution in [2.24, 2.45) is 0 Å². The Kier molecular flexibility index (Phi) is 4.71. The van der Waals surface area contributed by atoms with E-state index in [1.165, 1.54) is 11.2 Å². The van der Waals surface area contributed by atoms with Crippen molar-refractivity contribution in [1.82, 2.24) is 10.2 Å². The average Bonchev–Trinajstić information content (AvgIpc) is 2.67. The van der Waals surface area contributed by atoms with Gasteiger partial charge >= 0.3 is 5.97 Å². The molecule has 94 valence electrons. The highest BCUT2D eigenvalue weighted by Gasteiger charge is 2.14. The molecule has 0 aliphatic heterocycles. The quantitative estimate of drug-likeness (QED) is 0.755. The number of carboxylic acid groups (broad SMARTS) is 1. The van der Waals surface area contributed by atoms with E-state index in [0.29, 0.717) is 5.76 Å². The summed E-state index contributed by atoms with van der Waals surface area (Å²) >= 11 is 0. The second-order valence-corrected chi connectivity index (χ2v) is 3.87. The molecule has 1 unspecified atom stereocenters. The van der Waals surface area contributed by atoms with Gasteiger partial charge in [0.05, 0.1) is 25.4 Å². The van der Waals surface area contributed by atoms with Gasteiger partial charge in [0, 0.05) is 0 Å². The number of hydrogen-bond acceptors (Lipinski definition) is 4. The van der Waals surface area contributed by atoms with Gasteiger partial charge in [-0.2, -0.15) is 0 Å². The SMILES string of the molecule is CC(NC(=O)CN(C)CC(=O)O)c1ccco1. The molecule has 0 saturated carbocycles. The van der Waals surface area contributed by atoms with Crippen LogP contribution in [0.2, 0.25) is 0 Å². The van der Waals surface area contributed by atoms with Crippen LogP contribution in [-0.4, -0.2) is 42.0 Å². The molecule has 6 heteroatoms. The zero-order chi connectivity index (χ0) is 12.8. The molecule has 1 aromatic heterocycles. The summed E-state index contributed by atoms with van der Waals surface area (Å²) in [6.07, 6.45) is 1.54. The summed E-state index contributed by atoms with van der Waals surface area (Å²) in [5, 5.41) is 11.3. The van der Waals surface area contributed by atoms with Crippen LogP contribution in [0.4, 0.5) is 0 Å². The molecule has 0 fully saturated rings. The molecular weight excluding hydrogens is 224 g/mol. The van der Waals surface area contributed by atoms with Crippen molar-refractivity contribution < 1.29 is 19.1 Å². The largest absolute Gasteiger partial charge is 0.480 e. The Balaban J connectivity index is 2.37. The third-order valence-electron chi connectivity index (χ3n) is 2.17. The highest BCUT2D eigenvalue weighted by atomic mass is 16.4. The van der Waals surface area contributed by atoms with Gasteiger partial charge in [0.15, 0.2) is 0 Å². The van der Waals surface area contributed by atoms with Gasteiger partial charge in [0.1, 0.15) is 5.76 Å². The number of nitrogens with one attached hydrogen (secondary N) is 1. The van der Waals surface area contributed by atoms with E-state index in [4.69, 9.17) is 9.52 Å². The molecule has 2 N–H and O–H groups in total. The van der Waals surface area contributed by atoms with Crippen molar-refractivity contribution in [2.75, 3.05) is 20.1 Å². The molecule has 1 aromatic rings. The Morgan fingerprint density at radius 2 is 2.24 bits per heavy atom. The fourth-order valence-electron chi connectivity index (χ4n) is 1.43. The number of aliphatic carboxylic acids is 1. The number of amides is 1. The smallest absolute Gasteiger partial charge is 0.317 e. The lowest BCUT2D eigenvalue weighted by molar-refractivity contribution is -0.138. The predicted molar refractivity (Wildman–Crippen MR) is 60.4 cm³/mol. The van der Waals surface area contributed by atoms with E-state index in [0.717, 1.165) is 0 Å². The maximum absolute atomic E-state index is 11.6. The van der Waals surface area contributed by atoms with Crippen LogP contribution in [-0.2, 0) is 9.59 Å². The van der Waals surface area contributed by atoms with Crippen LogP contribution < -0.4 is 5.32 Å². The number of hydrogen-bond donors (Lipinski definition) is 2. The zero-order valence-corrected chi connectivity index (χ0v) is 9.84. The number of carbonyl (C=O) groups excluding carboxylic acids is 1. The van der Waals surface area contributed by atoms with E-state index < -0.39 is 5.97 Å². The fraction of sp³-hybridized carbons (Fsp3) is 0.455. The van der Waals surface area contributed by atoms with Gasteiger partial charge < -0.3 is 14.8 Å². The third-order valence-corrected chi connectivity index (χ3v) is 2.17. The van der Waals surface area contributed by atoms with Gasteiger partial charge in [-0.25, -0.2) is 0 Å². The number of furan rings is 1. The topological polar surface area (TPSA) is 82.8 Å². The molecule has 0 aromatic carbocycles. The number of nitrogens with zero attached hydrogens (tertiary/aromatic N) is 1. The Bertz CT molecular complexity index is 375. The van der Waals surface area contributed by atoms with Crippen LogP contribution in [0.3, 0.4) is 0 Å². The molecule has 17 heavy (non-hydrogen) atoms. The first-order chi connectivity index (χ1) is 7.99. The second-order valence-electron chi connectivity index (χ2n) is 3.87. The summed E-state index contributed by atoms with van der Waals surface area (Å²) in [4.78, 5) is 23.4. The number of rotatable bonds is 6. The molecule has 0 bridgehead atoms. The molecule has 1 atom stereocenters. The number of carboxylic acids is 1. The van der Waals surface area contributed by atoms with Gasteiger partial charge in [-0.05, 0) is 26.1 Å². The average molecular weight is 240 g/mol. The van der Waals surface area contributed by atoms with Crippen LogP contribution in [0.15, 0.2) is 22.8 Å². The van der Waals surface area contributed by atoms with Gasteiger partial charge in [0.25, 0.3) is 0 Å². The number of likely N-dealkylation sites (N-methyl/N-ethyl adjacent to an activating group) is 1. The molecule has 0 aliphatic carbocycles. The van der Waals surface area contributed by atoms with Crippen molar-refractivity contribution in [3.8, 4) is 0 Å². The summed E-state index contributed by atoms with van der Waals surface area (Å²) in [7, 11) is 1.57. The first-order valence-electron chi connectivity index (χ1n) is 5.22. The fourth-order valence-corrected chi connectivity index (χ4v) is 1.43. The number of carbonyl (C=O) groups is 2. The summed E-state index contributed by atoms with van der Waals surface area (Å²) < 4.78 is 5.14. The lowest BCUT2D eigenvalue weighted by atomic mass is 10.2. The normalized spacial score (nSPS) is 12.4. The highest BCUT2D eigenvalue weighted by Crippen LogP contribution is 2.11. The van der Waals surface area contributed by atoms with Crippen LogP contribution in [0.1, 0.15) is 18.7 Å². The second kappa shape index (κ2) is 6.05. The van der Waals surface area contributed by atoms with Crippen molar-refractivity contribution in [2.45, 2.75) is 13.0 Å². The summed E-state index contributed by atoms with van der Waals surface area (Å²) in [6.45, 7) is 1.67. The molecule has 0 saturated heterocycles. The standard InChI is InChI=1S/C11H16N2O4/c1-8(9-4-3-5-17-9)12-10(14)6-13(2)7-11(15)16/h3-5,8H,6-7H2,1-2H3,(H,12,14)(H,15,16). The summed E-state index contributed by atoms with van der Waals surface area (Å²) in [5.41, 5.74) is 0. The van der Waals surface area contributed by atoms with E-state index in [-0.39, 0.29) is 25.0 Å². The first-order valence-corrected chi connectivity index (χ1v) is 5.22. The Hall–Kier alpha value is -1.82. The van der Waals surface area contributed by atoms with Crippen LogP contribution in [0.5, 0.6) is 0 Å². The summed E-state index contributed by atoms with van der Waals surface area (Å²) in [5.74, 6) is -0.531. The molecule has 1 rings (SSSR count). The molecule has 0 spiro atoms. The minimum absolute atomic E-state index is 0.0390. The maximum atomic E-state index is 11.6. The van der Waals surface area contributed by atoms with Crippen molar-refractivity contribution >= 4 is 11.9 Å². The molecule has 0 aliphatic rings. The molecule has 0 radical (unpaired) electrons. The molecule has 1 amide bonds. The van der Waals surface area contributed by atoms with E-state index in [2.05, 4.69) is 5.32 Å². The Morgan fingerprint density at radius 3 is 2.76 bits per heavy atom. The molecular formula is C11H16N2O4. The van der Waals surface area contributed by atoms with E-state index in [9.17, 15) is 9.59 Å². The van der Waals surface area contributed by atoms with E-state index >= 15 is 0 Å².